The van der Waals surface area contributed by atoms with Crippen LogP contribution in [0.3, 0.4) is 0 Å². The number of benzene rings is 2. The molecule has 2 heterocycles. The van der Waals surface area contributed by atoms with E-state index in [-0.39, 0.29) is 18.5 Å². The highest BCUT2D eigenvalue weighted by atomic mass is 16.5. The van der Waals surface area contributed by atoms with Gasteiger partial charge in [0.25, 0.3) is 5.91 Å². The number of carbonyl (C=O) groups excluding carboxylic acids is 2. The minimum absolute atomic E-state index is 0.137. The number of hydrogen-bond donors (Lipinski definition) is 2. The molecule has 2 aliphatic rings. The van der Waals surface area contributed by atoms with E-state index in [0.29, 0.717) is 42.1 Å². The molecule has 1 amide bonds. The standard InChI is InChI=1S/C26H32N2O5/c1-26(2,3)33-23-12-18-19(13-22(23)32-4)25(31)28-15-17-8-6-5-7-16(17)11-21(28)24(30)20(18)14-27-9-10-29/h5-8,10,12-13,20-21,24,27,30H,9,11,14-15H2,1-4H3/t20?,21-,24?/m0/s1. The Hall–Kier alpha value is -2.90. The number of nitrogens with zero attached hydrogens (tertiary/aromatic N) is 1. The van der Waals surface area contributed by atoms with E-state index in [2.05, 4.69) is 11.4 Å². The van der Waals surface area contributed by atoms with E-state index < -0.39 is 17.6 Å². The molecule has 0 fully saturated rings. The fourth-order valence-electron chi connectivity index (χ4n) is 4.85. The monoisotopic (exact) mass is 452 g/mol. The van der Waals surface area contributed by atoms with Crippen LogP contribution in [0.1, 0.15) is 53.7 Å². The number of methoxy groups -OCH3 is 1. The molecule has 0 spiro atoms. The molecule has 0 aliphatic carbocycles. The maximum atomic E-state index is 13.8. The third-order valence-electron chi connectivity index (χ3n) is 6.33. The van der Waals surface area contributed by atoms with Crippen molar-refractivity contribution in [3.05, 3.63) is 58.7 Å². The van der Waals surface area contributed by atoms with Gasteiger partial charge in [0.1, 0.15) is 11.9 Å². The van der Waals surface area contributed by atoms with Crippen LogP contribution in [0.2, 0.25) is 0 Å². The zero-order valence-electron chi connectivity index (χ0n) is 19.6. The highest BCUT2D eigenvalue weighted by Gasteiger charge is 2.43. The van der Waals surface area contributed by atoms with Crippen molar-refractivity contribution < 1.29 is 24.2 Å². The molecule has 2 aromatic rings. The second-order valence-electron chi connectivity index (χ2n) is 9.70. The predicted molar refractivity (Wildman–Crippen MR) is 125 cm³/mol. The molecular weight excluding hydrogens is 420 g/mol. The molecule has 4 rings (SSSR count). The van der Waals surface area contributed by atoms with E-state index in [1.807, 2.05) is 45.0 Å². The molecule has 0 radical (unpaired) electrons. The number of ether oxygens (including phenoxy) is 2. The van der Waals surface area contributed by atoms with Crippen molar-refractivity contribution in [3.63, 3.8) is 0 Å². The van der Waals surface area contributed by atoms with Crippen LogP contribution in [0.5, 0.6) is 11.5 Å². The van der Waals surface area contributed by atoms with E-state index >= 15 is 0 Å². The summed E-state index contributed by atoms with van der Waals surface area (Å²) in [6.45, 7) is 6.79. The van der Waals surface area contributed by atoms with Crippen molar-refractivity contribution in [1.82, 2.24) is 10.2 Å². The summed E-state index contributed by atoms with van der Waals surface area (Å²) in [5.41, 5.74) is 2.95. The Kier molecular flexibility index (Phi) is 6.45. The van der Waals surface area contributed by atoms with Crippen LogP contribution in [0.25, 0.3) is 0 Å². The summed E-state index contributed by atoms with van der Waals surface area (Å²) in [5, 5.41) is 14.7. The molecule has 7 heteroatoms. The van der Waals surface area contributed by atoms with Crippen LogP contribution < -0.4 is 14.8 Å². The number of amides is 1. The zero-order valence-corrected chi connectivity index (χ0v) is 19.6. The average molecular weight is 453 g/mol. The van der Waals surface area contributed by atoms with Crippen LogP contribution in [0.4, 0.5) is 0 Å². The molecule has 2 unspecified atom stereocenters. The van der Waals surface area contributed by atoms with Gasteiger partial charge in [0.05, 0.1) is 25.8 Å². The first-order chi connectivity index (χ1) is 15.7. The minimum atomic E-state index is -0.821. The van der Waals surface area contributed by atoms with Crippen LogP contribution in [0.15, 0.2) is 36.4 Å². The van der Waals surface area contributed by atoms with Crippen LogP contribution >= 0.6 is 0 Å². The van der Waals surface area contributed by atoms with E-state index in [1.165, 1.54) is 0 Å². The van der Waals surface area contributed by atoms with Gasteiger partial charge >= 0.3 is 0 Å². The number of carbonyl (C=O) groups is 2. The molecule has 0 aromatic heterocycles. The number of nitrogens with one attached hydrogen (secondary N) is 1. The summed E-state index contributed by atoms with van der Waals surface area (Å²) < 4.78 is 11.7. The number of hydrogen-bond acceptors (Lipinski definition) is 6. The molecule has 176 valence electrons. The second-order valence-corrected chi connectivity index (χ2v) is 9.70. The lowest BCUT2D eigenvalue weighted by molar-refractivity contribution is -0.107. The average Bonchev–Trinajstić information content (AvgIpc) is 2.85. The lowest BCUT2D eigenvalue weighted by Crippen LogP contribution is -2.51. The van der Waals surface area contributed by atoms with Crippen molar-refractivity contribution in [2.75, 3.05) is 20.2 Å². The molecule has 3 atom stereocenters. The number of aliphatic hydroxyl groups excluding tert-OH is 1. The number of fused-ring (bicyclic) bond motifs is 3. The van der Waals surface area contributed by atoms with E-state index in [0.717, 1.165) is 17.4 Å². The minimum Gasteiger partial charge on any atom is -0.493 e. The Labute approximate surface area is 194 Å². The molecule has 2 N–H and O–H groups in total. The maximum absolute atomic E-state index is 13.8. The molecule has 0 saturated heterocycles. The summed E-state index contributed by atoms with van der Waals surface area (Å²) in [6.07, 6.45) is 0.545. The lowest BCUT2D eigenvalue weighted by Gasteiger charge is -2.39. The van der Waals surface area contributed by atoms with Crippen molar-refractivity contribution >= 4 is 12.2 Å². The van der Waals surface area contributed by atoms with Gasteiger partial charge < -0.3 is 29.6 Å². The van der Waals surface area contributed by atoms with Gasteiger partial charge in [-0.3, -0.25) is 4.79 Å². The maximum Gasteiger partial charge on any atom is 0.254 e. The van der Waals surface area contributed by atoms with Crippen molar-refractivity contribution in [2.24, 2.45) is 0 Å². The Bertz CT molecular complexity index is 1050. The van der Waals surface area contributed by atoms with Crippen LogP contribution in [-0.2, 0) is 17.8 Å². The summed E-state index contributed by atoms with van der Waals surface area (Å²) in [6, 6.07) is 11.2. The number of aliphatic hydroxyl groups is 1. The molecule has 2 aliphatic heterocycles. The first-order valence-corrected chi connectivity index (χ1v) is 11.3. The highest BCUT2D eigenvalue weighted by molar-refractivity contribution is 5.97. The van der Waals surface area contributed by atoms with Crippen molar-refractivity contribution in [2.45, 2.75) is 57.4 Å². The molecule has 0 bridgehead atoms. The Morgan fingerprint density at radius 1 is 1.18 bits per heavy atom. The Morgan fingerprint density at radius 3 is 2.58 bits per heavy atom. The van der Waals surface area contributed by atoms with Gasteiger partial charge in [0.2, 0.25) is 0 Å². The highest BCUT2D eigenvalue weighted by Crippen LogP contribution is 2.42. The van der Waals surface area contributed by atoms with Gasteiger partial charge in [-0.05, 0) is 56.0 Å². The summed E-state index contributed by atoms with van der Waals surface area (Å²) in [4.78, 5) is 26.5. The normalized spacial score (nSPS) is 22.0. The molecule has 33 heavy (non-hydrogen) atoms. The fraction of sp³-hybridized carbons (Fsp3) is 0.462. The van der Waals surface area contributed by atoms with Gasteiger partial charge in [-0.1, -0.05) is 24.3 Å². The van der Waals surface area contributed by atoms with Crippen molar-refractivity contribution in [1.29, 1.82) is 0 Å². The first kappa shape index (κ1) is 23.3. The third-order valence-corrected chi connectivity index (χ3v) is 6.33. The lowest BCUT2D eigenvalue weighted by atomic mass is 9.84. The van der Waals surface area contributed by atoms with Gasteiger partial charge in [-0.15, -0.1) is 0 Å². The Balaban J connectivity index is 1.84. The molecule has 2 aromatic carbocycles. The zero-order chi connectivity index (χ0) is 23.8. The SMILES string of the molecule is COc1cc2c(cc1OC(C)(C)C)C(CNCC=O)C(O)[C@@H]1Cc3ccccc3CN1C2=O. The van der Waals surface area contributed by atoms with Crippen molar-refractivity contribution in [3.8, 4) is 11.5 Å². The first-order valence-electron chi connectivity index (χ1n) is 11.3. The second kappa shape index (κ2) is 9.15. The van der Waals surface area contributed by atoms with Crippen LogP contribution in [-0.4, -0.2) is 60.1 Å². The Morgan fingerprint density at radius 2 is 1.91 bits per heavy atom. The van der Waals surface area contributed by atoms with E-state index in [4.69, 9.17) is 9.47 Å². The van der Waals surface area contributed by atoms with Gasteiger partial charge in [-0.25, -0.2) is 0 Å². The van der Waals surface area contributed by atoms with Crippen LogP contribution in [0, 0.1) is 0 Å². The largest absolute Gasteiger partial charge is 0.493 e. The summed E-state index contributed by atoms with van der Waals surface area (Å²) in [7, 11) is 1.55. The summed E-state index contributed by atoms with van der Waals surface area (Å²) in [5.74, 6) is 0.453. The van der Waals surface area contributed by atoms with Gasteiger partial charge in [-0.2, -0.15) is 0 Å². The fourth-order valence-corrected chi connectivity index (χ4v) is 4.85. The third kappa shape index (κ3) is 4.61. The summed E-state index contributed by atoms with van der Waals surface area (Å²) >= 11 is 0. The van der Waals surface area contributed by atoms with E-state index in [9.17, 15) is 14.7 Å². The van der Waals surface area contributed by atoms with Gasteiger partial charge in [0, 0.05) is 24.6 Å². The molecular formula is C26H32N2O5. The van der Waals surface area contributed by atoms with Gasteiger partial charge in [0.15, 0.2) is 11.5 Å². The number of aldehydes is 1. The predicted octanol–water partition coefficient (Wildman–Crippen LogP) is 2.69. The smallest absolute Gasteiger partial charge is 0.254 e. The molecule has 0 saturated carbocycles. The molecule has 7 nitrogen and oxygen atoms in total. The topological polar surface area (TPSA) is 88.1 Å². The van der Waals surface area contributed by atoms with E-state index in [1.54, 1.807) is 18.1 Å². The number of rotatable bonds is 6. The quantitative estimate of drug-likeness (QED) is 0.518.